The van der Waals surface area contributed by atoms with Gasteiger partial charge in [-0.25, -0.2) is 0 Å². The van der Waals surface area contributed by atoms with E-state index in [1.54, 1.807) is 22.8 Å². The Morgan fingerprint density at radius 1 is 1.06 bits per heavy atom. The van der Waals surface area contributed by atoms with Gasteiger partial charge in [-0.2, -0.15) is 4.80 Å². The van der Waals surface area contributed by atoms with Crippen LogP contribution in [0.25, 0.3) is 22.8 Å². The summed E-state index contributed by atoms with van der Waals surface area (Å²) in [6, 6.07) is 11.8. The Morgan fingerprint density at radius 2 is 1.94 bits per heavy atom. The summed E-state index contributed by atoms with van der Waals surface area (Å²) in [6.45, 7) is 7.22. The summed E-state index contributed by atoms with van der Waals surface area (Å²) >= 11 is 1.72. The average molecular weight is 436 g/mol. The highest BCUT2D eigenvalue weighted by Crippen LogP contribution is 2.27. The van der Waals surface area contributed by atoms with Crippen molar-refractivity contribution in [3.63, 3.8) is 0 Å². The highest BCUT2D eigenvalue weighted by atomic mass is 32.2. The fourth-order valence-electron chi connectivity index (χ4n) is 3.24. The van der Waals surface area contributed by atoms with Crippen LogP contribution in [-0.4, -0.2) is 40.7 Å². The zero-order valence-electron chi connectivity index (χ0n) is 17.5. The Bertz CT molecular complexity index is 1120. The summed E-state index contributed by atoms with van der Waals surface area (Å²) in [7, 11) is 0. The van der Waals surface area contributed by atoms with Gasteiger partial charge in [0.2, 0.25) is 5.82 Å². The van der Waals surface area contributed by atoms with E-state index >= 15 is 0 Å². The van der Waals surface area contributed by atoms with E-state index < -0.39 is 0 Å². The lowest BCUT2D eigenvalue weighted by molar-refractivity contribution is 0.487. The highest BCUT2D eigenvalue weighted by molar-refractivity contribution is 7.99. The van der Waals surface area contributed by atoms with Crippen LogP contribution in [0.1, 0.15) is 25.0 Å². The maximum Gasteiger partial charge on any atom is 0.204 e. The molecule has 0 atom stereocenters. The minimum Gasteiger partial charge on any atom is -0.469 e. The first kappa shape index (κ1) is 21.0. The molecule has 0 amide bonds. The number of aromatic nitrogens is 7. The first-order valence-corrected chi connectivity index (χ1v) is 11.3. The Morgan fingerprint density at radius 3 is 2.71 bits per heavy atom. The second-order valence-electron chi connectivity index (χ2n) is 7.08. The number of hydrogen-bond donors (Lipinski definition) is 0. The quantitative estimate of drug-likeness (QED) is 0.192. The zero-order chi connectivity index (χ0) is 21.5. The molecule has 0 aliphatic carbocycles. The second-order valence-corrected chi connectivity index (χ2v) is 8.14. The smallest absolute Gasteiger partial charge is 0.204 e. The molecule has 9 heteroatoms. The molecule has 0 saturated heterocycles. The van der Waals surface area contributed by atoms with E-state index in [0.29, 0.717) is 12.4 Å². The van der Waals surface area contributed by atoms with Crippen molar-refractivity contribution in [2.75, 3.05) is 5.75 Å². The summed E-state index contributed by atoms with van der Waals surface area (Å²) in [6.07, 6.45) is 6.70. The van der Waals surface area contributed by atoms with Gasteiger partial charge >= 0.3 is 0 Å². The van der Waals surface area contributed by atoms with Gasteiger partial charge in [0.05, 0.1) is 18.4 Å². The van der Waals surface area contributed by atoms with Gasteiger partial charge < -0.3 is 4.42 Å². The lowest BCUT2D eigenvalue weighted by Crippen LogP contribution is -2.03. The number of hydrogen-bond acceptors (Lipinski definition) is 7. The molecule has 4 rings (SSSR count). The van der Waals surface area contributed by atoms with Crippen molar-refractivity contribution in [3.8, 4) is 22.8 Å². The van der Waals surface area contributed by atoms with E-state index in [2.05, 4.69) is 36.8 Å². The van der Waals surface area contributed by atoms with Gasteiger partial charge in [0.15, 0.2) is 11.0 Å². The first-order chi connectivity index (χ1) is 15.3. The number of tetrazole rings is 1. The van der Waals surface area contributed by atoms with Crippen LogP contribution >= 0.6 is 11.8 Å². The Hall–Kier alpha value is -3.20. The maximum absolute atomic E-state index is 5.42. The molecule has 0 fully saturated rings. The third-order valence-corrected chi connectivity index (χ3v) is 5.90. The van der Waals surface area contributed by atoms with Crippen LogP contribution in [0.2, 0.25) is 0 Å². The van der Waals surface area contributed by atoms with E-state index in [-0.39, 0.29) is 0 Å². The van der Waals surface area contributed by atoms with E-state index in [4.69, 9.17) is 4.42 Å². The molecule has 3 aromatic heterocycles. The molecule has 0 N–H and O–H groups in total. The van der Waals surface area contributed by atoms with E-state index in [9.17, 15) is 0 Å². The number of unbranched alkanes of at least 4 members (excludes halogenated alkanes) is 2. The van der Waals surface area contributed by atoms with Crippen molar-refractivity contribution in [3.05, 3.63) is 61.1 Å². The Labute approximate surface area is 185 Å². The minimum atomic E-state index is 0.664. The fraction of sp³-hybridized carbons (Fsp3) is 0.318. The van der Waals surface area contributed by atoms with Crippen LogP contribution < -0.4 is 0 Å². The Balaban J connectivity index is 1.24. The molecular weight excluding hydrogens is 410 g/mol. The van der Waals surface area contributed by atoms with Crippen molar-refractivity contribution in [2.45, 2.75) is 44.4 Å². The van der Waals surface area contributed by atoms with Crippen LogP contribution in [0.3, 0.4) is 0 Å². The number of benzene rings is 1. The molecule has 0 radical (unpaired) electrons. The summed E-state index contributed by atoms with van der Waals surface area (Å²) in [4.78, 5) is 1.68. The molecule has 0 spiro atoms. The number of thioether (sulfide) groups is 1. The normalized spacial score (nSPS) is 11.1. The van der Waals surface area contributed by atoms with Crippen LogP contribution in [0.5, 0.6) is 0 Å². The lowest BCUT2D eigenvalue weighted by Gasteiger charge is -2.07. The molecule has 0 unspecified atom stereocenters. The van der Waals surface area contributed by atoms with Crippen LogP contribution in [0, 0.1) is 6.92 Å². The van der Waals surface area contributed by atoms with Gasteiger partial charge in [-0.3, -0.25) is 4.57 Å². The molecule has 4 aromatic rings. The number of aryl methyl sites for hydroxylation is 2. The van der Waals surface area contributed by atoms with Gasteiger partial charge in [-0.1, -0.05) is 54.6 Å². The molecule has 0 bridgehead atoms. The van der Waals surface area contributed by atoms with Gasteiger partial charge in [0.1, 0.15) is 5.76 Å². The molecule has 0 aliphatic rings. The fourth-order valence-corrected chi connectivity index (χ4v) is 4.19. The Kier molecular flexibility index (Phi) is 6.93. The predicted molar refractivity (Wildman–Crippen MR) is 120 cm³/mol. The molecule has 3 heterocycles. The molecule has 0 aliphatic heterocycles. The average Bonchev–Trinajstić information content (AvgIpc) is 3.52. The highest BCUT2D eigenvalue weighted by Gasteiger charge is 2.16. The summed E-state index contributed by atoms with van der Waals surface area (Å²) in [5.41, 5.74) is 1.95. The molecular formula is C22H25N7OS. The van der Waals surface area contributed by atoms with Crippen molar-refractivity contribution >= 4 is 11.8 Å². The van der Waals surface area contributed by atoms with Gasteiger partial charge in [-0.15, -0.1) is 27.0 Å². The van der Waals surface area contributed by atoms with Crippen LogP contribution in [0.15, 0.2) is 64.9 Å². The van der Waals surface area contributed by atoms with Crippen molar-refractivity contribution in [2.24, 2.45) is 0 Å². The van der Waals surface area contributed by atoms with E-state index in [0.717, 1.165) is 59.4 Å². The number of allylic oxidation sites excluding steroid dienone is 1. The predicted octanol–water partition coefficient (Wildman–Crippen LogP) is 4.65. The topological polar surface area (TPSA) is 87.5 Å². The van der Waals surface area contributed by atoms with Gasteiger partial charge in [0, 0.05) is 17.9 Å². The third-order valence-electron chi connectivity index (χ3n) is 4.85. The lowest BCUT2D eigenvalue weighted by atomic mass is 10.2. The minimum absolute atomic E-state index is 0.664. The third kappa shape index (κ3) is 5.11. The van der Waals surface area contributed by atoms with Crippen molar-refractivity contribution in [1.82, 2.24) is 35.0 Å². The van der Waals surface area contributed by atoms with Crippen LogP contribution in [0.4, 0.5) is 0 Å². The molecule has 31 heavy (non-hydrogen) atoms. The second kappa shape index (κ2) is 10.2. The SMILES string of the molecule is C=CCn1c(SCCCCCn2nnc(-c3ccccc3)n2)nnc1-c1ccoc1C. The number of furan rings is 1. The van der Waals surface area contributed by atoms with E-state index in [1.807, 2.05) is 49.4 Å². The monoisotopic (exact) mass is 435 g/mol. The summed E-state index contributed by atoms with van der Waals surface area (Å²) in [5, 5.41) is 22.4. The van der Waals surface area contributed by atoms with Gasteiger partial charge in [-0.05, 0) is 31.0 Å². The van der Waals surface area contributed by atoms with Crippen molar-refractivity contribution in [1.29, 1.82) is 0 Å². The van der Waals surface area contributed by atoms with Gasteiger partial charge in [0.25, 0.3) is 0 Å². The van der Waals surface area contributed by atoms with E-state index in [1.165, 1.54) is 0 Å². The van der Waals surface area contributed by atoms with Crippen molar-refractivity contribution < 1.29 is 4.42 Å². The molecule has 0 saturated carbocycles. The zero-order valence-corrected chi connectivity index (χ0v) is 18.3. The molecule has 8 nitrogen and oxygen atoms in total. The number of rotatable bonds is 11. The largest absolute Gasteiger partial charge is 0.469 e. The van der Waals surface area contributed by atoms with Crippen LogP contribution in [-0.2, 0) is 13.1 Å². The molecule has 1 aromatic carbocycles. The molecule has 160 valence electrons. The first-order valence-electron chi connectivity index (χ1n) is 10.3. The summed E-state index contributed by atoms with van der Waals surface area (Å²) < 4.78 is 7.50. The number of nitrogens with zero attached hydrogens (tertiary/aromatic N) is 7. The maximum atomic E-state index is 5.42. The summed E-state index contributed by atoms with van der Waals surface area (Å²) in [5.74, 6) is 3.30. The standard InChI is InChI=1S/C22H25N7OS/c1-3-13-28-21(19-12-15-30-17(19)2)24-25-22(28)31-16-9-5-8-14-29-26-20(23-27-29)18-10-6-4-7-11-18/h3-4,6-7,10-12,15H,1,5,8-9,13-14,16H2,2H3.